The second kappa shape index (κ2) is 9.26. The van der Waals surface area contributed by atoms with Crippen molar-refractivity contribution < 1.29 is 4.79 Å². The maximum absolute atomic E-state index is 13.1. The molecule has 0 saturated heterocycles. The van der Waals surface area contributed by atoms with Gasteiger partial charge in [-0.25, -0.2) is 0 Å². The van der Waals surface area contributed by atoms with Crippen LogP contribution in [0.15, 0.2) is 48.5 Å². The molecule has 148 valence electrons. The molecule has 1 amide bonds. The summed E-state index contributed by atoms with van der Waals surface area (Å²) >= 11 is 6.30. The quantitative estimate of drug-likeness (QED) is 0.577. The molecule has 0 bridgehead atoms. The highest BCUT2D eigenvalue weighted by molar-refractivity contribution is 6.31. The van der Waals surface area contributed by atoms with Crippen LogP contribution in [0.4, 0.5) is 0 Å². The van der Waals surface area contributed by atoms with Gasteiger partial charge in [-0.05, 0) is 37.7 Å². The molecule has 1 N–H and O–H groups in total. The third kappa shape index (κ3) is 4.08. The van der Waals surface area contributed by atoms with Crippen LogP contribution in [0.5, 0.6) is 0 Å². The van der Waals surface area contributed by atoms with Crippen molar-refractivity contribution >= 4 is 28.3 Å². The Kier molecular flexibility index (Phi) is 6.76. The highest BCUT2D eigenvalue weighted by Crippen LogP contribution is 2.35. The van der Waals surface area contributed by atoms with Gasteiger partial charge in [0.2, 0.25) is 0 Å². The molecule has 0 unspecified atom stereocenters. The summed E-state index contributed by atoms with van der Waals surface area (Å²) in [5.41, 5.74) is 2.82. The van der Waals surface area contributed by atoms with Crippen molar-refractivity contribution in [3.63, 3.8) is 0 Å². The summed E-state index contributed by atoms with van der Waals surface area (Å²) in [6.45, 7) is 10.5. The van der Waals surface area contributed by atoms with E-state index in [0.717, 1.165) is 41.7 Å². The third-order valence-corrected chi connectivity index (χ3v) is 5.45. The average molecular weight is 398 g/mol. The van der Waals surface area contributed by atoms with E-state index in [0.29, 0.717) is 23.8 Å². The molecular formula is C23H28ClN3O. The molecule has 4 nitrogen and oxygen atoms in total. The van der Waals surface area contributed by atoms with E-state index in [-0.39, 0.29) is 5.91 Å². The molecule has 0 aliphatic rings. The molecular weight excluding hydrogens is 370 g/mol. The van der Waals surface area contributed by atoms with E-state index in [2.05, 4.69) is 47.7 Å². The Balaban J connectivity index is 2.04. The molecule has 1 heterocycles. The van der Waals surface area contributed by atoms with Crippen LogP contribution in [0.1, 0.15) is 31.3 Å². The number of nitrogens with zero attached hydrogens (tertiary/aromatic N) is 2. The predicted octanol–water partition coefficient (Wildman–Crippen LogP) is 5.05. The molecule has 0 fully saturated rings. The number of rotatable bonds is 8. The zero-order chi connectivity index (χ0) is 20.1. The van der Waals surface area contributed by atoms with Crippen molar-refractivity contribution in [3.05, 3.63) is 59.2 Å². The fourth-order valence-corrected chi connectivity index (χ4v) is 3.91. The highest BCUT2D eigenvalue weighted by atomic mass is 35.5. The van der Waals surface area contributed by atoms with Crippen molar-refractivity contribution in [1.82, 2.24) is 14.8 Å². The predicted molar refractivity (Wildman–Crippen MR) is 118 cm³/mol. The zero-order valence-corrected chi connectivity index (χ0v) is 17.6. The number of carbonyl (C=O) groups is 1. The van der Waals surface area contributed by atoms with Crippen molar-refractivity contribution in [3.8, 4) is 11.3 Å². The molecule has 2 aromatic carbocycles. The lowest BCUT2D eigenvalue weighted by atomic mass is 10.1. The van der Waals surface area contributed by atoms with E-state index < -0.39 is 0 Å². The number of benzene rings is 2. The van der Waals surface area contributed by atoms with E-state index in [1.807, 2.05) is 36.4 Å². The van der Waals surface area contributed by atoms with E-state index >= 15 is 0 Å². The van der Waals surface area contributed by atoms with Crippen LogP contribution in [0.25, 0.3) is 22.0 Å². The topological polar surface area (TPSA) is 37.3 Å². The van der Waals surface area contributed by atoms with Gasteiger partial charge in [0.25, 0.3) is 5.91 Å². The lowest BCUT2D eigenvalue weighted by molar-refractivity contribution is 0.0941. The van der Waals surface area contributed by atoms with Crippen molar-refractivity contribution in [2.24, 2.45) is 0 Å². The molecule has 5 heteroatoms. The first kappa shape index (κ1) is 20.4. The molecule has 0 aliphatic carbocycles. The average Bonchev–Trinajstić information content (AvgIpc) is 3.05. The van der Waals surface area contributed by atoms with Gasteiger partial charge in [0, 0.05) is 35.4 Å². The van der Waals surface area contributed by atoms with Gasteiger partial charge in [0.15, 0.2) is 0 Å². The minimum Gasteiger partial charge on any atom is -0.349 e. The Labute approximate surface area is 172 Å². The molecule has 1 aromatic heterocycles. The van der Waals surface area contributed by atoms with Gasteiger partial charge in [-0.1, -0.05) is 61.8 Å². The molecule has 0 spiro atoms. The smallest absolute Gasteiger partial charge is 0.268 e. The summed E-state index contributed by atoms with van der Waals surface area (Å²) in [5.74, 6) is -0.0384. The zero-order valence-electron chi connectivity index (χ0n) is 16.8. The lowest BCUT2D eigenvalue weighted by Gasteiger charge is -2.18. The number of amides is 1. The summed E-state index contributed by atoms with van der Waals surface area (Å²) in [6, 6.07) is 15.9. The van der Waals surface area contributed by atoms with Crippen molar-refractivity contribution in [2.75, 3.05) is 26.2 Å². The summed E-state index contributed by atoms with van der Waals surface area (Å²) in [4.78, 5) is 15.4. The second-order valence-electron chi connectivity index (χ2n) is 6.78. The van der Waals surface area contributed by atoms with Crippen molar-refractivity contribution in [2.45, 2.75) is 27.3 Å². The maximum atomic E-state index is 13.1. The van der Waals surface area contributed by atoms with Gasteiger partial charge in [-0.2, -0.15) is 0 Å². The molecule has 3 aromatic rings. The SMILES string of the molecule is CCN(CC)CCNC(=O)c1c2ccc(Cl)cc2c(-c2ccccc2)n1CC. The number of nitrogens with one attached hydrogen (secondary N) is 1. The summed E-state index contributed by atoms with van der Waals surface area (Å²) in [7, 11) is 0. The minimum atomic E-state index is -0.0384. The number of halogens is 1. The lowest BCUT2D eigenvalue weighted by Crippen LogP contribution is -2.35. The fourth-order valence-electron chi connectivity index (χ4n) is 3.74. The number of aromatic nitrogens is 1. The summed E-state index contributed by atoms with van der Waals surface area (Å²) in [5, 5.41) is 5.73. The van der Waals surface area contributed by atoms with Gasteiger partial charge in [0.1, 0.15) is 5.69 Å². The Bertz CT molecular complexity index is 945. The Morgan fingerprint density at radius 2 is 1.75 bits per heavy atom. The first-order valence-electron chi connectivity index (χ1n) is 9.98. The van der Waals surface area contributed by atoms with Gasteiger partial charge in [-0.15, -0.1) is 0 Å². The van der Waals surface area contributed by atoms with E-state index in [1.165, 1.54) is 0 Å². The Morgan fingerprint density at radius 3 is 2.39 bits per heavy atom. The standard InChI is InChI=1S/C23H28ClN3O/c1-4-26(5-2)15-14-25-23(28)22-19-13-12-18(24)16-20(19)21(27(22)6-3)17-10-8-7-9-11-17/h7-13,16H,4-6,14-15H2,1-3H3,(H,25,28). The van der Waals surface area contributed by atoms with E-state index in [9.17, 15) is 4.79 Å². The number of carbonyl (C=O) groups excluding carboxylic acids is 1. The number of fused-ring (bicyclic) bond motifs is 1. The van der Waals surface area contributed by atoms with Crippen LogP contribution in [-0.2, 0) is 6.54 Å². The molecule has 28 heavy (non-hydrogen) atoms. The largest absolute Gasteiger partial charge is 0.349 e. The molecule has 0 aliphatic heterocycles. The van der Waals surface area contributed by atoms with Gasteiger partial charge in [-0.3, -0.25) is 4.79 Å². The van der Waals surface area contributed by atoms with Crippen LogP contribution in [-0.4, -0.2) is 41.6 Å². The second-order valence-corrected chi connectivity index (χ2v) is 7.22. The van der Waals surface area contributed by atoms with Crippen LogP contribution >= 0.6 is 11.6 Å². The fraction of sp³-hybridized carbons (Fsp3) is 0.348. The van der Waals surface area contributed by atoms with Gasteiger partial charge >= 0.3 is 0 Å². The minimum absolute atomic E-state index is 0.0384. The normalized spacial score (nSPS) is 11.3. The third-order valence-electron chi connectivity index (χ3n) is 5.22. The number of hydrogen-bond acceptors (Lipinski definition) is 2. The molecule has 0 atom stereocenters. The first-order valence-corrected chi connectivity index (χ1v) is 10.4. The molecule has 0 radical (unpaired) electrons. The number of likely N-dealkylation sites (N-methyl/N-ethyl adjacent to an activating group) is 1. The molecule has 0 saturated carbocycles. The van der Waals surface area contributed by atoms with Gasteiger partial charge in [0.05, 0.1) is 5.69 Å². The number of hydrogen-bond donors (Lipinski definition) is 1. The summed E-state index contributed by atoms with van der Waals surface area (Å²) in [6.07, 6.45) is 0. The van der Waals surface area contributed by atoms with Gasteiger partial charge < -0.3 is 14.8 Å². The Hall–Kier alpha value is -2.30. The Morgan fingerprint density at radius 1 is 1.04 bits per heavy atom. The van der Waals surface area contributed by atoms with Crippen LogP contribution in [0.2, 0.25) is 5.02 Å². The molecule has 3 rings (SSSR count). The van der Waals surface area contributed by atoms with Crippen LogP contribution in [0.3, 0.4) is 0 Å². The van der Waals surface area contributed by atoms with Crippen LogP contribution < -0.4 is 5.32 Å². The summed E-state index contributed by atoms with van der Waals surface area (Å²) < 4.78 is 2.10. The monoisotopic (exact) mass is 397 g/mol. The first-order chi connectivity index (χ1) is 13.6. The van der Waals surface area contributed by atoms with Crippen molar-refractivity contribution in [1.29, 1.82) is 0 Å². The van der Waals surface area contributed by atoms with Crippen LogP contribution in [0, 0.1) is 0 Å². The highest BCUT2D eigenvalue weighted by Gasteiger charge is 2.22. The maximum Gasteiger partial charge on any atom is 0.268 e. The van der Waals surface area contributed by atoms with E-state index in [1.54, 1.807) is 0 Å². The van der Waals surface area contributed by atoms with E-state index in [4.69, 9.17) is 11.6 Å².